The molecule has 0 fully saturated rings. The van der Waals surface area contributed by atoms with Crippen LogP contribution in [0.3, 0.4) is 0 Å². The fourth-order valence-corrected chi connectivity index (χ4v) is 1.35. The largest absolute Gasteiger partial charge is 0.416 e. The van der Waals surface area contributed by atoms with Crippen molar-refractivity contribution in [2.75, 3.05) is 6.61 Å². The Bertz CT molecular complexity index is 394. The van der Waals surface area contributed by atoms with Crippen molar-refractivity contribution in [2.45, 2.75) is 32.5 Å². The number of carbonyl (C=O) groups excluding carboxylic acids is 1. The molecule has 0 saturated carbocycles. The molecule has 0 bridgehead atoms. The van der Waals surface area contributed by atoms with Crippen molar-refractivity contribution in [3.8, 4) is 0 Å². The molecule has 0 aliphatic carbocycles. The molecular formula is C13H15F3O2. The lowest BCUT2D eigenvalue weighted by atomic mass is 10.1. The Labute approximate surface area is 104 Å². The molecule has 0 heterocycles. The number of Topliss-reactive ketones (excluding diaryl/α,β-unsaturated/α-hetero) is 1. The van der Waals surface area contributed by atoms with Gasteiger partial charge in [-0.25, -0.2) is 0 Å². The maximum atomic E-state index is 12.3. The van der Waals surface area contributed by atoms with Gasteiger partial charge in [-0.15, -0.1) is 0 Å². The van der Waals surface area contributed by atoms with Crippen LogP contribution in [0.1, 0.15) is 25.0 Å². The number of carbonyl (C=O) groups is 1. The molecule has 2 nitrogen and oxygen atoms in total. The van der Waals surface area contributed by atoms with Crippen LogP contribution in [-0.4, -0.2) is 18.5 Å². The van der Waals surface area contributed by atoms with Crippen LogP contribution in [0.25, 0.3) is 0 Å². The first-order valence-corrected chi connectivity index (χ1v) is 5.58. The van der Waals surface area contributed by atoms with Crippen LogP contribution < -0.4 is 0 Å². The summed E-state index contributed by atoms with van der Waals surface area (Å²) in [6.45, 7) is 3.61. The SMILES string of the molecule is CC(C)OCC(=O)Cc1ccc(C(F)(F)F)cc1. The highest BCUT2D eigenvalue weighted by atomic mass is 19.4. The van der Waals surface area contributed by atoms with Gasteiger partial charge >= 0.3 is 6.18 Å². The molecule has 18 heavy (non-hydrogen) atoms. The van der Waals surface area contributed by atoms with Gasteiger partial charge in [0.2, 0.25) is 0 Å². The molecule has 100 valence electrons. The Morgan fingerprint density at radius 3 is 2.22 bits per heavy atom. The Balaban J connectivity index is 2.56. The molecule has 0 saturated heterocycles. The van der Waals surface area contributed by atoms with Gasteiger partial charge in [-0.3, -0.25) is 4.79 Å². The smallest absolute Gasteiger partial charge is 0.371 e. The Morgan fingerprint density at radius 2 is 1.78 bits per heavy atom. The van der Waals surface area contributed by atoms with E-state index in [0.717, 1.165) is 12.1 Å². The van der Waals surface area contributed by atoms with Crippen molar-refractivity contribution < 1.29 is 22.7 Å². The lowest BCUT2D eigenvalue weighted by molar-refractivity contribution is -0.137. The van der Waals surface area contributed by atoms with Gasteiger partial charge in [0.15, 0.2) is 5.78 Å². The quantitative estimate of drug-likeness (QED) is 0.812. The first kappa shape index (κ1) is 14.7. The summed E-state index contributed by atoms with van der Waals surface area (Å²) in [7, 11) is 0. The summed E-state index contributed by atoms with van der Waals surface area (Å²) in [6.07, 6.45) is -4.30. The molecule has 1 aromatic carbocycles. The van der Waals surface area contributed by atoms with Crippen LogP contribution in [0.15, 0.2) is 24.3 Å². The number of hydrogen-bond donors (Lipinski definition) is 0. The molecule has 0 aliphatic heterocycles. The molecule has 0 aromatic heterocycles. The second-order valence-corrected chi connectivity index (χ2v) is 4.27. The molecule has 0 atom stereocenters. The van der Waals surface area contributed by atoms with E-state index in [1.165, 1.54) is 12.1 Å². The topological polar surface area (TPSA) is 26.3 Å². The standard InChI is InChI=1S/C13H15F3O2/c1-9(2)18-8-12(17)7-10-3-5-11(6-4-10)13(14,15)16/h3-6,9H,7-8H2,1-2H3. The summed E-state index contributed by atoms with van der Waals surface area (Å²) in [5.41, 5.74) is -0.155. The van der Waals surface area contributed by atoms with Gasteiger partial charge in [0.05, 0.1) is 11.7 Å². The van der Waals surface area contributed by atoms with Crippen molar-refractivity contribution >= 4 is 5.78 Å². The number of hydrogen-bond acceptors (Lipinski definition) is 2. The summed E-state index contributed by atoms with van der Waals surface area (Å²) in [5.74, 6) is -0.150. The monoisotopic (exact) mass is 260 g/mol. The molecule has 1 aromatic rings. The van der Waals surface area contributed by atoms with Crippen LogP contribution in [0.4, 0.5) is 13.2 Å². The normalized spacial score (nSPS) is 11.9. The number of benzene rings is 1. The molecule has 0 N–H and O–H groups in total. The highest BCUT2D eigenvalue weighted by Gasteiger charge is 2.29. The van der Waals surface area contributed by atoms with E-state index in [1.807, 2.05) is 13.8 Å². The molecule has 1 rings (SSSR count). The minimum Gasteiger partial charge on any atom is -0.371 e. The molecule has 0 radical (unpaired) electrons. The summed E-state index contributed by atoms with van der Waals surface area (Å²) >= 11 is 0. The lowest BCUT2D eigenvalue weighted by Gasteiger charge is -2.08. The van der Waals surface area contributed by atoms with Gasteiger partial charge in [-0.1, -0.05) is 12.1 Å². The first-order valence-electron chi connectivity index (χ1n) is 5.58. The van der Waals surface area contributed by atoms with Gasteiger partial charge in [0.25, 0.3) is 0 Å². The van der Waals surface area contributed by atoms with E-state index in [0.29, 0.717) is 5.56 Å². The first-order chi connectivity index (χ1) is 8.29. The maximum absolute atomic E-state index is 12.3. The van der Waals surface area contributed by atoms with Gasteiger partial charge in [0, 0.05) is 6.42 Å². The van der Waals surface area contributed by atoms with Crippen molar-refractivity contribution in [3.63, 3.8) is 0 Å². The average Bonchev–Trinajstić information content (AvgIpc) is 2.26. The second kappa shape index (κ2) is 6.00. The Kier molecular flexibility index (Phi) is 4.90. The maximum Gasteiger partial charge on any atom is 0.416 e. The zero-order valence-electron chi connectivity index (χ0n) is 10.3. The lowest BCUT2D eigenvalue weighted by Crippen LogP contribution is -2.15. The summed E-state index contributed by atoms with van der Waals surface area (Å²) in [4.78, 5) is 11.5. The van der Waals surface area contributed by atoms with Crippen molar-refractivity contribution in [2.24, 2.45) is 0 Å². The zero-order valence-corrected chi connectivity index (χ0v) is 10.3. The number of ketones is 1. The van der Waals surface area contributed by atoms with Gasteiger partial charge in [0.1, 0.15) is 6.61 Å². The molecule has 0 amide bonds. The van der Waals surface area contributed by atoms with Crippen LogP contribution in [0.5, 0.6) is 0 Å². The summed E-state index contributed by atoms with van der Waals surface area (Å²) in [6, 6.07) is 4.59. The van der Waals surface area contributed by atoms with Crippen molar-refractivity contribution in [1.29, 1.82) is 0 Å². The minimum absolute atomic E-state index is 0.0152. The molecular weight excluding hydrogens is 245 g/mol. The number of alkyl halides is 3. The molecule has 0 aliphatic rings. The van der Waals surface area contributed by atoms with Gasteiger partial charge in [-0.2, -0.15) is 13.2 Å². The third kappa shape index (κ3) is 4.87. The number of rotatable bonds is 5. The van der Waals surface area contributed by atoms with Crippen molar-refractivity contribution in [3.05, 3.63) is 35.4 Å². The third-order valence-electron chi connectivity index (χ3n) is 2.26. The van der Waals surface area contributed by atoms with Crippen LogP contribution in [0.2, 0.25) is 0 Å². The molecule has 0 unspecified atom stereocenters. The summed E-state index contributed by atoms with van der Waals surface area (Å²) in [5, 5.41) is 0. The fraction of sp³-hybridized carbons (Fsp3) is 0.462. The average molecular weight is 260 g/mol. The molecule has 0 spiro atoms. The molecule has 5 heteroatoms. The van der Waals surface area contributed by atoms with E-state index in [-0.39, 0.29) is 24.9 Å². The van der Waals surface area contributed by atoms with Gasteiger partial charge < -0.3 is 4.74 Å². The fourth-order valence-electron chi connectivity index (χ4n) is 1.35. The predicted octanol–water partition coefficient (Wildman–Crippen LogP) is 3.24. The minimum atomic E-state index is -4.34. The number of ether oxygens (including phenoxy) is 1. The highest BCUT2D eigenvalue weighted by molar-refractivity contribution is 5.82. The van der Waals surface area contributed by atoms with Gasteiger partial charge in [-0.05, 0) is 31.5 Å². The van der Waals surface area contributed by atoms with E-state index in [1.54, 1.807) is 0 Å². The van der Waals surface area contributed by atoms with E-state index in [2.05, 4.69) is 0 Å². The van der Waals surface area contributed by atoms with E-state index < -0.39 is 11.7 Å². The highest BCUT2D eigenvalue weighted by Crippen LogP contribution is 2.29. The Hall–Kier alpha value is -1.36. The van der Waals surface area contributed by atoms with E-state index in [9.17, 15) is 18.0 Å². The predicted molar refractivity (Wildman–Crippen MR) is 61.2 cm³/mol. The second-order valence-electron chi connectivity index (χ2n) is 4.27. The van der Waals surface area contributed by atoms with Crippen LogP contribution in [-0.2, 0) is 22.1 Å². The zero-order chi connectivity index (χ0) is 13.8. The Morgan fingerprint density at radius 1 is 1.22 bits per heavy atom. The third-order valence-corrected chi connectivity index (χ3v) is 2.26. The number of halogens is 3. The van der Waals surface area contributed by atoms with E-state index >= 15 is 0 Å². The van der Waals surface area contributed by atoms with Crippen LogP contribution >= 0.6 is 0 Å². The van der Waals surface area contributed by atoms with Crippen LogP contribution in [0, 0.1) is 0 Å². The van der Waals surface area contributed by atoms with E-state index in [4.69, 9.17) is 4.74 Å². The van der Waals surface area contributed by atoms with Crippen molar-refractivity contribution in [1.82, 2.24) is 0 Å². The summed E-state index contributed by atoms with van der Waals surface area (Å²) < 4.78 is 42.0.